The number of methoxy groups -OCH3 is 1. The smallest absolute Gasteiger partial charge is 0.422 e. The molecule has 1 rings (SSSR count). The van der Waals surface area contributed by atoms with Gasteiger partial charge in [0.1, 0.15) is 6.04 Å². The lowest BCUT2D eigenvalue weighted by Crippen LogP contribution is -2.42. The van der Waals surface area contributed by atoms with Gasteiger partial charge in [-0.15, -0.1) is 0 Å². The Morgan fingerprint density at radius 1 is 1.41 bits per heavy atom. The molecule has 0 aromatic rings. The summed E-state index contributed by atoms with van der Waals surface area (Å²) in [6.07, 6.45) is -4.82. The first-order valence-electron chi connectivity index (χ1n) is 4.93. The Balaban J connectivity index is 2.53. The number of esters is 1. The van der Waals surface area contributed by atoms with Crippen LogP contribution < -0.4 is 0 Å². The highest BCUT2D eigenvalue weighted by atomic mass is 19.4. The minimum atomic E-state index is -4.57. The highest BCUT2D eigenvalue weighted by Gasteiger charge is 2.38. The van der Waals surface area contributed by atoms with Crippen LogP contribution in [0.5, 0.6) is 0 Å². The zero-order chi connectivity index (χ0) is 13.1. The van der Waals surface area contributed by atoms with Gasteiger partial charge in [0.15, 0.2) is 6.61 Å². The van der Waals surface area contributed by atoms with E-state index in [2.05, 4.69) is 9.47 Å². The van der Waals surface area contributed by atoms with Crippen LogP contribution in [0.1, 0.15) is 12.8 Å². The molecule has 1 aliphatic heterocycles. The summed E-state index contributed by atoms with van der Waals surface area (Å²) >= 11 is 0. The van der Waals surface area contributed by atoms with Gasteiger partial charge < -0.3 is 9.47 Å². The Hall–Kier alpha value is -1.47. The molecule has 0 N–H and O–H groups in total. The number of hydrogen-bond donors (Lipinski definition) is 0. The van der Waals surface area contributed by atoms with Gasteiger partial charge in [0.2, 0.25) is 0 Å². The van der Waals surface area contributed by atoms with Gasteiger partial charge in [-0.3, -0.25) is 4.90 Å². The van der Waals surface area contributed by atoms with Crippen LogP contribution in [-0.4, -0.2) is 49.4 Å². The molecule has 17 heavy (non-hydrogen) atoms. The lowest BCUT2D eigenvalue weighted by molar-refractivity contribution is -0.163. The van der Waals surface area contributed by atoms with Crippen molar-refractivity contribution in [2.24, 2.45) is 0 Å². The second-order valence-electron chi connectivity index (χ2n) is 3.54. The standard InChI is InChI=1S/C9H12F3NO4/c1-16-7(14)6-3-2-4-13(6)8(15)17-5-9(10,11)12/h6H,2-5H2,1H3. The number of carbonyl (C=O) groups excluding carboxylic acids is 2. The fraction of sp³-hybridized carbons (Fsp3) is 0.778. The monoisotopic (exact) mass is 255 g/mol. The number of amides is 1. The van der Waals surface area contributed by atoms with Crippen molar-refractivity contribution in [3.05, 3.63) is 0 Å². The Kier molecular flexibility index (Phi) is 4.19. The summed E-state index contributed by atoms with van der Waals surface area (Å²) in [5.74, 6) is -0.647. The van der Waals surface area contributed by atoms with E-state index in [4.69, 9.17) is 0 Å². The first kappa shape index (κ1) is 13.6. The summed E-state index contributed by atoms with van der Waals surface area (Å²) < 4.78 is 44.0. The molecule has 0 radical (unpaired) electrons. The molecule has 0 aromatic carbocycles. The Morgan fingerprint density at radius 2 is 2.06 bits per heavy atom. The van der Waals surface area contributed by atoms with Crippen LogP contribution in [0.3, 0.4) is 0 Å². The Labute approximate surface area is 95.5 Å². The van der Waals surface area contributed by atoms with Gasteiger partial charge in [-0.25, -0.2) is 9.59 Å². The second-order valence-corrected chi connectivity index (χ2v) is 3.54. The van der Waals surface area contributed by atoms with E-state index in [1.165, 1.54) is 0 Å². The molecule has 1 saturated heterocycles. The van der Waals surface area contributed by atoms with Crippen LogP contribution in [0, 0.1) is 0 Å². The molecule has 1 unspecified atom stereocenters. The molecule has 98 valence electrons. The molecule has 8 heteroatoms. The van der Waals surface area contributed by atoms with E-state index in [0.717, 1.165) is 12.0 Å². The van der Waals surface area contributed by atoms with Crippen LogP contribution in [-0.2, 0) is 14.3 Å². The van der Waals surface area contributed by atoms with E-state index in [1.54, 1.807) is 0 Å². The van der Waals surface area contributed by atoms with Gasteiger partial charge >= 0.3 is 18.2 Å². The fourth-order valence-corrected chi connectivity index (χ4v) is 1.59. The Bertz CT molecular complexity index is 305. The number of carbonyl (C=O) groups is 2. The minimum absolute atomic E-state index is 0.191. The molecule has 1 heterocycles. The minimum Gasteiger partial charge on any atom is -0.467 e. The summed E-state index contributed by atoms with van der Waals surface area (Å²) in [4.78, 5) is 23.5. The maximum absolute atomic E-state index is 11.8. The largest absolute Gasteiger partial charge is 0.467 e. The summed E-state index contributed by atoms with van der Waals surface area (Å²) in [7, 11) is 1.15. The third kappa shape index (κ3) is 3.79. The molecule has 0 aliphatic carbocycles. The van der Waals surface area contributed by atoms with Crippen molar-refractivity contribution in [3.63, 3.8) is 0 Å². The van der Waals surface area contributed by atoms with Crippen LogP contribution in [0.15, 0.2) is 0 Å². The van der Waals surface area contributed by atoms with Crippen molar-refractivity contribution in [1.82, 2.24) is 4.90 Å². The number of nitrogens with zero attached hydrogens (tertiary/aromatic N) is 1. The molecule has 1 atom stereocenters. The highest BCUT2D eigenvalue weighted by molar-refractivity contribution is 5.81. The third-order valence-corrected chi connectivity index (χ3v) is 2.32. The first-order chi connectivity index (χ1) is 7.85. The SMILES string of the molecule is COC(=O)C1CCCN1C(=O)OCC(F)(F)F. The van der Waals surface area contributed by atoms with Crippen LogP contribution in [0.4, 0.5) is 18.0 Å². The van der Waals surface area contributed by atoms with Crippen LogP contribution in [0.2, 0.25) is 0 Å². The maximum Gasteiger partial charge on any atom is 0.422 e. The molecule has 5 nitrogen and oxygen atoms in total. The molecule has 0 aromatic heterocycles. The average Bonchev–Trinajstić information content (AvgIpc) is 2.72. The van der Waals surface area contributed by atoms with E-state index >= 15 is 0 Å². The summed E-state index contributed by atoms with van der Waals surface area (Å²) in [6.45, 7) is -1.47. The average molecular weight is 255 g/mol. The number of alkyl halides is 3. The van der Waals surface area contributed by atoms with Crippen molar-refractivity contribution >= 4 is 12.1 Å². The molecular formula is C9H12F3NO4. The molecule has 1 amide bonds. The highest BCUT2D eigenvalue weighted by Crippen LogP contribution is 2.21. The summed E-state index contributed by atoms with van der Waals surface area (Å²) in [5.41, 5.74) is 0. The van der Waals surface area contributed by atoms with Gasteiger partial charge in [0, 0.05) is 6.54 Å². The van der Waals surface area contributed by atoms with Gasteiger partial charge in [-0.2, -0.15) is 13.2 Å². The molecule has 0 spiro atoms. The molecule has 0 bridgehead atoms. The number of ether oxygens (including phenoxy) is 2. The van der Waals surface area contributed by atoms with Gasteiger partial charge in [-0.05, 0) is 12.8 Å². The molecule has 0 saturated carbocycles. The normalized spacial score (nSPS) is 20.2. The van der Waals surface area contributed by atoms with E-state index in [1.807, 2.05) is 0 Å². The van der Waals surface area contributed by atoms with E-state index in [9.17, 15) is 22.8 Å². The third-order valence-electron chi connectivity index (χ3n) is 2.32. The van der Waals surface area contributed by atoms with Crippen LogP contribution >= 0.6 is 0 Å². The lowest BCUT2D eigenvalue weighted by atomic mass is 10.2. The van der Waals surface area contributed by atoms with Crippen molar-refractivity contribution in [2.45, 2.75) is 25.1 Å². The summed E-state index contributed by atoms with van der Waals surface area (Å²) in [5, 5.41) is 0. The second kappa shape index (κ2) is 5.24. The van der Waals surface area contributed by atoms with Gasteiger partial charge in [-0.1, -0.05) is 0 Å². The predicted octanol–water partition coefficient (Wildman–Crippen LogP) is 1.32. The zero-order valence-electron chi connectivity index (χ0n) is 9.12. The van der Waals surface area contributed by atoms with Gasteiger partial charge in [0.25, 0.3) is 0 Å². The van der Waals surface area contributed by atoms with E-state index in [-0.39, 0.29) is 6.54 Å². The number of hydrogen-bond acceptors (Lipinski definition) is 4. The Morgan fingerprint density at radius 3 is 2.59 bits per heavy atom. The topological polar surface area (TPSA) is 55.8 Å². The van der Waals surface area contributed by atoms with Gasteiger partial charge in [0.05, 0.1) is 7.11 Å². The number of rotatable bonds is 2. The zero-order valence-corrected chi connectivity index (χ0v) is 9.12. The van der Waals surface area contributed by atoms with Crippen molar-refractivity contribution in [2.75, 3.05) is 20.3 Å². The van der Waals surface area contributed by atoms with Crippen molar-refractivity contribution in [1.29, 1.82) is 0 Å². The summed E-state index contributed by atoms with van der Waals surface area (Å²) in [6, 6.07) is -0.847. The fourth-order valence-electron chi connectivity index (χ4n) is 1.59. The van der Waals surface area contributed by atoms with Crippen molar-refractivity contribution in [3.8, 4) is 0 Å². The number of halogens is 3. The number of likely N-dealkylation sites (tertiary alicyclic amines) is 1. The molecule has 1 fully saturated rings. The van der Waals surface area contributed by atoms with E-state index < -0.39 is 30.9 Å². The first-order valence-corrected chi connectivity index (χ1v) is 4.93. The lowest BCUT2D eigenvalue weighted by Gasteiger charge is -2.22. The van der Waals surface area contributed by atoms with E-state index in [0.29, 0.717) is 12.8 Å². The maximum atomic E-state index is 11.8. The molecule has 1 aliphatic rings. The quantitative estimate of drug-likeness (QED) is 0.698. The predicted molar refractivity (Wildman–Crippen MR) is 49.1 cm³/mol. The van der Waals surface area contributed by atoms with Crippen LogP contribution in [0.25, 0.3) is 0 Å². The molecular weight excluding hydrogens is 243 g/mol. The van der Waals surface area contributed by atoms with Crippen molar-refractivity contribution < 1.29 is 32.2 Å².